The molecule has 9 heteroatoms. The SMILES string of the molecule is C[C@H](N)C(=O)N[C@H]1c2ccccc2C[C@H]1C(=O)N[C@@H](C)C(=O)NCC(N)=O. The van der Waals surface area contributed by atoms with Gasteiger partial charge in [0.1, 0.15) is 6.04 Å². The summed E-state index contributed by atoms with van der Waals surface area (Å²) in [4.78, 5) is 47.5. The highest BCUT2D eigenvalue weighted by molar-refractivity contribution is 5.91. The Morgan fingerprint density at radius 2 is 1.81 bits per heavy atom. The third kappa shape index (κ3) is 5.04. The molecule has 7 N–H and O–H groups in total. The Labute approximate surface area is 157 Å². The molecule has 0 unspecified atom stereocenters. The number of primary amides is 1. The van der Waals surface area contributed by atoms with E-state index in [1.54, 1.807) is 6.92 Å². The van der Waals surface area contributed by atoms with Crippen molar-refractivity contribution in [3.05, 3.63) is 35.4 Å². The molecule has 1 aromatic carbocycles. The van der Waals surface area contributed by atoms with E-state index >= 15 is 0 Å². The fourth-order valence-corrected chi connectivity index (χ4v) is 3.02. The number of nitrogens with one attached hydrogen (secondary N) is 3. The van der Waals surface area contributed by atoms with E-state index in [4.69, 9.17) is 11.5 Å². The van der Waals surface area contributed by atoms with Gasteiger partial charge in [-0.3, -0.25) is 19.2 Å². The van der Waals surface area contributed by atoms with Crippen LogP contribution in [0, 0.1) is 5.92 Å². The number of rotatable bonds is 7. The summed E-state index contributed by atoms with van der Waals surface area (Å²) in [7, 11) is 0. The molecule has 0 saturated heterocycles. The molecule has 0 heterocycles. The molecular weight excluding hydrogens is 350 g/mol. The fraction of sp³-hybridized carbons (Fsp3) is 0.444. The van der Waals surface area contributed by atoms with E-state index in [0.717, 1.165) is 11.1 Å². The van der Waals surface area contributed by atoms with E-state index in [1.165, 1.54) is 6.92 Å². The first-order valence-corrected chi connectivity index (χ1v) is 8.70. The van der Waals surface area contributed by atoms with Crippen molar-refractivity contribution in [3.63, 3.8) is 0 Å². The second-order valence-corrected chi connectivity index (χ2v) is 6.70. The number of benzene rings is 1. The molecule has 9 nitrogen and oxygen atoms in total. The van der Waals surface area contributed by atoms with Gasteiger partial charge in [0.05, 0.1) is 24.5 Å². The highest BCUT2D eigenvalue weighted by atomic mass is 16.2. The van der Waals surface area contributed by atoms with Gasteiger partial charge in [0.25, 0.3) is 0 Å². The number of amides is 4. The van der Waals surface area contributed by atoms with E-state index in [1.807, 2.05) is 24.3 Å². The summed E-state index contributed by atoms with van der Waals surface area (Å²) in [5.74, 6) is -2.50. The topological polar surface area (TPSA) is 156 Å². The number of hydrogen-bond donors (Lipinski definition) is 5. The van der Waals surface area contributed by atoms with Gasteiger partial charge in [0.2, 0.25) is 23.6 Å². The van der Waals surface area contributed by atoms with Gasteiger partial charge in [-0.05, 0) is 31.4 Å². The Balaban J connectivity index is 2.10. The summed E-state index contributed by atoms with van der Waals surface area (Å²) in [6.07, 6.45) is 0.432. The summed E-state index contributed by atoms with van der Waals surface area (Å²) in [5, 5.41) is 7.79. The first kappa shape index (κ1) is 20.4. The van der Waals surface area contributed by atoms with E-state index in [-0.39, 0.29) is 18.4 Å². The summed E-state index contributed by atoms with van der Waals surface area (Å²) >= 11 is 0. The van der Waals surface area contributed by atoms with Crippen LogP contribution >= 0.6 is 0 Å². The normalized spacial score (nSPS) is 20.1. The molecule has 0 aromatic heterocycles. The van der Waals surface area contributed by atoms with Gasteiger partial charge in [-0.2, -0.15) is 0 Å². The van der Waals surface area contributed by atoms with Crippen LogP contribution in [0.4, 0.5) is 0 Å². The Morgan fingerprint density at radius 3 is 2.44 bits per heavy atom. The molecule has 0 saturated carbocycles. The number of fused-ring (bicyclic) bond motifs is 1. The molecule has 1 aliphatic rings. The lowest BCUT2D eigenvalue weighted by molar-refractivity contribution is -0.132. The van der Waals surface area contributed by atoms with Gasteiger partial charge >= 0.3 is 0 Å². The smallest absolute Gasteiger partial charge is 0.242 e. The molecule has 0 fully saturated rings. The monoisotopic (exact) mass is 375 g/mol. The average Bonchev–Trinajstić information content (AvgIpc) is 2.98. The van der Waals surface area contributed by atoms with Crippen LogP contribution in [-0.4, -0.2) is 42.3 Å². The Hall–Kier alpha value is -2.94. The van der Waals surface area contributed by atoms with Crippen molar-refractivity contribution in [3.8, 4) is 0 Å². The molecule has 1 aliphatic carbocycles. The summed E-state index contributed by atoms with van der Waals surface area (Å²) in [6, 6.07) is 5.37. The van der Waals surface area contributed by atoms with Crippen LogP contribution in [0.2, 0.25) is 0 Å². The third-order valence-corrected chi connectivity index (χ3v) is 4.47. The standard InChI is InChI=1S/C18H25N5O4/c1-9(19)16(25)23-15-12-6-4-3-5-11(12)7-13(15)18(27)22-10(2)17(26)21-8-14(20)24/h3-6,9-10,13,15H,7-8,19H2,1-2H3,(H2,20,24)(H,21,26)(H,22,27)(H,23,25)/t9-,10-,13+,15-/m0/s1. The zero-order valence-corrected chi connectivity index (χ0v) is 15.3. The van der Waals surface area contributed by atoms with Crippen LogP contribution in [0.1, 0.15) is 31.0 Å². The van der Waals surface area contributed by atoms with E-state index in [2.05, 4.69) is 16.0 Å². The molecule has 146 valence electrons. The van der Waals surface area contributed by atoms with Gasteiger partial charge in [0.15, 0.2) is 0 Å². The molecule has 0 radical (unpaired) electrons. The Morgan fingerprint density at radius 1 is 1.15 bits per heavy atom. The molecule has 0 bridgehead atoms. The zero-order chi connectivity index (χ0) is 20.1. The summed E-state index contributed by atoms with van der Waals surface area (Å²) < 4.78 is 0. The van der Waals surface area contributed by atoms with Crippen molar-refractivity contribution in [1.82, 2.24) is 16.0 Å². The van der Waals surface area contributed by atoms with Crippen molar-refractivity contribution in [1.29, 1.82) is 0 Å². The molecular formula is C18H25N5O4. The van der Waals surface area contributed by atoms with Crippen molar-refractivity contribution in [2.24, 2.45) is 17.4 Å². The van der Waals surface area contributed by atoms with Crippen LogP contribution in [0.15, 0.2) is 24.3 Å². The Kier molecular flexibility index (Phi) is 6.51. The number of hydrogen-bond acceptors (Lipinski definition) is 5. The highest BCUT2D eigenvalue weighted by Gasteiger charge is 2.39. The van der Waals surface area contributed by atoms with E-state index in [9.17, 15) is 19.2 Å². The van der Waals surface area contributed by atoms with Crippen LogP contribution in [0.5, 0.6) is 0 Å². The van der Waals surface area contributed by atoms with Gasteiger partial charge in [-0.1, -0.05) is 24.3 Å². The Bertz CT molecular complexity index is 749. The molecule has 1 aromatic rings. The lowest BCUT2D eigenvalue weighted by atomic mass is 9.98. The lowest BCUT2D eigenvalue weighted by Gasteiger charge is -2.24. The van der Waals surface area contributed by atoms with Crippen molar-refractivity contribution >= 4 is 23.6 Å². The maximum absolute atomic E-state index is 12.8. The quantitative estimate of drug-likeness (QED) is 0.391. The third-order valence-electron chi connectivity index (χ3n) is 4.47. The minimum Gasteiger partial charge on any atom is -0.368 e. The number of carbonyl (C=O) groups excluding carboxylic acids is 4. The zero-order valence-electron chi connectivity index (χ0n) is 15.3. The van der Waals surface area contributed by atoms with Gasteiger partial charge in [-0.15, -0.1) is 0 Å². The average molecular weight is 375 g/mol. The first-order valence-electron chi connectivity index (χ1n) is 8.70. The van der Waals surface area contributed by atoms with Gasteiger partial charge < -0.3 is 27.4 Å². The van der Waals surface area contributed by atoms with Crippen LogP contribution in [0.25, 0.3) is 0 Å². The molecule has 0 spiro atoms. The van der Waals surface area contributed by atoms with Crippen molar-refractivity contribution in [2.75, 3.05) is 6.54 Å². The van der Waals surface area contributed by atoms with Crippen molar-refractivity contribution < 1.29 is 19.2 Å². The minimum absolute atomic E-state index is 0.305. The molecule has 0 aliphatic heterocycles. The second kappa shape index (κ2) is 8.63. The number of nitrogens with two attached hydrogens (primary N) is 2. The minimum atomic E-state index is -0.856. The van der Waals surface area contributed by atoms with Gasteiger partial charge in [0, 0.05) is 0 Å². The van der Waals surface area contributed by atoms with Gasteiger partial charge in [-0.25, -0.2) is 0 Å². The van der Waals surface area contributed by atoms with Crippen LogP contribution < -0.4 is 27.4 Å². The highest BCUT2D eigenvalue weighted by Crippen LogP contribution is 2.36. The number of carbonyl (C=O) groups is 4. The van der Waals surface area contributed by atoms with Crippen LogP contribution in [-0.2, 0) is 25.6 Å². The first-order chi connectivity index (χ1) is 12.7. The van der Waals surface area contributed by atoms with E-state index in [0.29, 0.717) is 6.42 Å². The predicted molar refractivity (Wildman–Crippen MR) is 98.0 cm³/mol. The predicted octanol–water partition coefficient (Wildman–Crippen LogP) is -1.53. The summed E-state index contributed by atoms with van der Waals surface area (Å²) in [6.45, 7) is 2.77. The maximum Gasteiger partial charge on any atom is 0.242 e. The lowest BCUT2D eigenvalue weighted by Crippen LogP contribution is -2.50. The molecule has 4 atom stereocenters. The fourth-order valence-electron chi connectivity index (χ4n) is 3.02. The molecule has 2 rings (SSSR count). The van der Waals surface area contributed by atoms with E-state index < -0.39 is 35.9 Å². The largest absolute Gasteiger partial charge is 0.368 e. The molecule has 27 heavy (non-hydrogen) atoms. The maximum atomic E-state index is 12.8. The van der Waals surface area contributed by atoms with Crippen LogP contribution in [0.3, 0.4) is 0 Å². The second-order valence-electron chi connectivity index (χ2n) is 6.70. The van der Waals surface area contributed by atoms with Crippen molar-refractivity contribution in [2.45, 2.75) is 38.4 Å². The summed E-state index contributed by atoms with van der Waals surface area (Å²) in [5.41, 5.74) is 12.4. The molecule has 4 amide bonds.